The first-order valence-corrected chi connectivity index (χ1v) is 5.27. The molecule has 2 atom stereocenters. The van der Waals surface area contributed by atoms with Crippen LogP contribution in [0, 0.1) is 5.92 Å². The average Bonchev–Trinajstić information content (AvgIpc) is 2.05. The molecule has 2 bridgehead atoms. The van der Waals surface area contributed by atoms with Crippen LogP contribution in [-0.4, -0.2) is 17.3 Å². The molecule has 3 rings (SSSR count). The maximum absolute atomic E-state index is 4.58. The molecule has 0 radical (unpaired) electrons. The molecule has 12 heavy (non-hydrogen) atoms. The monoisotopic (exact) mass is 177 g/mol. The number of nitrogens with zero attached hydrogens (tertiary/aromatic N) is 1. The second-order valence-electron chi connectivity index (χ2n) is 2.84. The summed E-state index contributed by atoms with van der Waals surface area (Å²) in [6, 6.07) is 0.272. The first-order chi connectivity index (χ1) is 5.90. The Morgan fingerprint density at radius 2 is 2.00 bits per heavy atom. The molecule has 0 aromatic rings. The third-order valence-electron chi connectivity index (χ3n) is 2.02. The lowest BCUT2D eigenvalue weighted by Gasteiger charge is -2.18. The normalized spacial score (nSPS) is 31.6. The Bertz CT molecular complexity index is 286. The van der Waals surface area contributed by atoms with Gasteiger partial charge in [0.1, 0.15) is 0 Å². The highest BCUT2D eigenvalue weighted by molar-refractivity contribution is 8.13. The van der Waals surface area contributed by atoms with E-state index in [1.165, 1.54) is 5.04 Å². The van der Waals surface area contributed by atoms with Crippen molar-refractivity contribution >= 4 is 16.8 Å². The third-order valence-corrected chi connectivity index (χ3v) is 2.82. The Balaban J connectivity index is 2.37. The summed E-state index contributed by atoms with van der Waals surface area (Å²) >= 11 is 1.75. The fourth-order valence-electron chi connectivity index (χ4n) is 1.40. The van der Waals surface area contributed by atoms with Gasteiger partial charge in [-0.15, -0.1) is 11.8 Å². The maximum atomic E-state index is 4.58. The van der Waals surface area contributed by atoms with Crippen LogP contribution in [0.1, 0.15) is 0 Å². The Kier molecular flexibility index (Phi) is 2.17. The van der Waals surface area contributed by atoms with Crippen LogP contribution in [0.15, 0.2) is 41.4 Å². The van der Waals surface area contributed by atoms with Crippen molar-refractivity contribution in [2.45, 2.75) is 6.04 Å². The van der Waals surface area contributed by atoms with Crippen molar-refractivity contribution < 1.29 is 0 Å². The zero-order chi connectivity index (χ0) is 8.39. The van der Waals surface area contributed by atoms with E-state index in [0.717, 1.165) is 0 Å². The number of thioether (sulfide) groups is 1. The zero-order valence-electron chi connectivity index (χ0n) is 6.97. The molecule has 3 aliphatic rings. The fourth-order valence-corrected chi connectivity index (χ4v) is 2.05. The number of aliphatic imine (C=N–C) groups is 1. The molecule has 0 spiro atoms. The minimum Gasteiger partial charge on any atom is -0.270 e. The molecule has 2 heteroatoms. The van der Waals surface area contributed by atoms with Crippen molar-refractivity contribution in [2.75, 3.05) is 6.26 Å². The van der Waals surface area contributed by atoms with Gasteiger partial charge in [-0.2, -0.15) is 0 Å². The first kappa shape index (κ1) is 7.87. The van der Waals surface area contributed by atoms with Gasteiger partial charge >= 0.3 is 0 Å². The summed E-state index contributed by atoms with van der Waals surface area (Å²) in [5.74, 6) is 0.418. The molecule has 62 valence electrons. The van der Waals surface area contributed by atoms with E-state index in [9.17, 15) is 0 Å². The van der Waals surface area contributed by atoms with Crippen LogP contribution in [-0.2, 0) is 0 Å². The zero-order valence-corrected chi connectivity index (χ0v) is 7.79. The predicted molar refractivity (Wildman–Crippen MR) is 55.6 cm³/mol. The van der Waals surface area contributed by atoms with Gasteiger partial charge in [-0.05, 0) is 6.26 Å². The van der Waals surface area contributed by atoms with Gasteiger partial charge in [0.25, 0.3) is 0 Å². The second-order valence-corrected chi connectivity index (χ2v) is 3.67. The van der Waals surface area contributed by atoms with Crippen LogP contribution >= 0.6 is 11.8 Å². The molecule has 0 N–H and O–H groups in total. The maximum Gasteiger partial charge on any atom is 0.0874 e. The summed E-state index contributed by atoms with van der Waals surface area (Å²) in [6.45, 7) is 0. The molecule has 2 heterocycles. The molecule has 2 aliphatic heterocycles. The SMILES string of the molecule is CSC1=N[C@@H]2C=CC=C[C@@H]1C=C2. The Morgan fingerprint density at radius 3 is 2.83 bits per heavy atom. The Labute approximate surface area is 77.0 Å². The smallest absolute Gasteiger partial charge is 0.0874 e. The van der Waals surface area contributed by atoms with E-state index >= 15 is 0 Å². The van der Waals surface area contributed by atoms with Crippen LogP contribution < -0.4 is 0 Å². The van der Waals surface area contributed by atoms with E-state index in [0.29, 0.717) is 5.92 Å². The van der Waals surface area contributed by atoms with Crippen LogP contribution in [0.2, 0.25) is 0 Å². The lowest BCUT2D eigenvalue weighted by atomic mass is 10.0. The standard InChI is InChI=1S/C10H11NS/c1-12-10-8-4-2-3-5-9(11-10)7-6-8/h2-9H,1H3/t8-,9-/m1/s1. The molecular formula is C10H11NS. The fraction of sp³-hybridized carbons (Fsp3) is 0.300. The van der Waals surface area contributed by atoms with E-state index in [1.54, 1.807) is 11.8 Å². The number of dihydropyridines is 1. The number of rotatable bonds is 0. The van der Waals surface area contributed by atoms with Crippen LogP contribution in [0.3, 0.4) is 0 Å². The molecule has 0 amide bonds. The van der Waals surface area contributed by atoms with Crippen molar-refractivity contribution in [3.05, 3.63) is 36.5 Å². The van der Waals surface area contributed by atoms with Gasteiger partial charge in [-0.3, -0.25) is 4.99 Å². The van der Waals surface area contributed by atoms with E-state index in [4.69, 9.17) is 0 Å². The van der Waals surface area contributed by atoms with Gasteiger partial charge in [-0.1, -0.05) is 36.5 Å². The topological polar surface area (TPSA) is 12.4 Å². The highest BCUT2D eigenvalue weighted by atomic mass is 32.2. The molecule has 0 fully saturated rings. The van der Waals surface area contributed by atoms with Gasteiger partial charge in [-0.25, -0.2) is 0 Å². The van der Waals surface area contributed by atoms with Gasteiger partial charge in [0.2, 0.25) is 0 Å². The summed E-state index contributed by atoms with van der Waals surface area (Å²) < 4.78 is 0. The van der Waals surface area contributed by atoms with E-state index in [2.05, 4.69) is 47.7 Å². The first-order valence-electron chi connectivity index (χ1n) is 4.05. The van der Waals surface area contributed by atoms with Gasteiger partial charge in [0.15, 0.2) is 0 Å². The molecule has 0 saturated carbocycles. The Hall–Kier alpha value is -0.760. The number of allylic oxidation sites excluding steroid dienone is 4. The van der Waals surface area contributed by atoms with E-state index in [1.807, 2.05) is 0 Å². The summed E-state index contributed by atoms with van der Waals surface area (Å²) in [4.78, 5) is 4.58. The molecule has 1 aliphatic carbocycles. The van der Waals surface area contributed by atoms with E-state index in [-0.39, 0.29) is 6.04 Å². The minimum absolute atomic E-state index is 0.272. The lowest BCUT2D eigenvalue weighted by molar-refractivity contribution is 0.946. The lowest BCUT2D eigenvalue weighted by Crippen LogP contribution is -2.15. The molecular weight excluding hydrogens is 166 g/mol. The molecule has 1 nitrogen and oxygen atoms in total. The third kappa shape index (κ3) is 1.39. The van der Waals surface area contributed by atoms with Crippen molar-refractivity contribution in [1.82, 2.24) is 0 Å². The molecule has 0 aromatic carbocycles. The Morgan fingerprint density at radius 1 is 1.17 bits per heavy atom. The summed E-state index contributed by atoms with van der Waals surface area (Å²) in [5, 5.41) is 1.23. The van der Waals surface area contributed by atoms with Crippen LogP contribution in [0.4, 0.5) is 0 Å². The highest BCUT2D eigenvalue weighted by Gasteiger charge is 2.15. The summed E-state index contributed by atoms with van der Waals surface area (Å²) in [5.41, 5.74) is 0. The molecule has 0 aromatic heterocycles. The van der Waals surface area contributed by atoms with Crippen molar-refractivity contribution in [2.24, 2.45) is 10.9 Å². The highest BCUT2D eigenvalue weighted by Crippen LogP contribution is 2.22. The van der Waals surface area contributed by atoms with Gasteiger partial charge < -0.3 is 0 Å². The second kappa shape index (κ2) is 3.31. The van der Waals surface area contributed by atoms with Gasteiger partial charge in [0.05, 0.1) is 11.1 Å². The predicted octanol–water partition coefficient (Wildman–Crippen LogP) is 2.43. The van der Waals surface area contributed by atoms with Crippen molar-refractivity contribution in [3.8, 4) is 0 Å². The van der Waals surface area contributed by atoms with E-state index < -0.39 is 0 Å². The van der Waals surface area contributed by atoms with Crippen LogP contribution in [0.25, 0.3) is 0 Å². The summed E-state index contributed by atoms with van der Waals surface area (Å²) in [6.07, 6.45) is 14.9. The van der Waals surface area contributed by atoms with Crippen molar-refractivity contribution in [3.63, 3.8) is 0 Å². The molecule has 0 unspecified atom stereocenters. The van der Waals surface area contributed by atoms with Crippen LogP contribution in [0.5, 0.6) is 0 Å². The average molecular weight is 177 g/mol. The number of fused-ring (bicyclic) bond motifs is 1. The molecule has 0 saturated heterocycles. The largest absolute Gasteiger partial charge is 0.270 e. The van der Waals surface area contributed by atoms with Crippen molar-refractivity contribution in [1.29, 1.82) is 0 Å². The number of hydrogen-bond acceptors (Lipinski definition) is 2. The van der Waals surface area contributed by atoms with Gasteiger partial charge in [0, 0.05) is 5.92 Å². The number of hydrogen-bond donors (Lipinski definition) is 0. The minimum atomic E-state index is 0.272. The quantitative estimate of drug-likeness (QED) is 0.518. The summed E-state index contributed by atoms with van der Waals surface area (Å²) in [7, 11) is 0.